The van der Waals surface area contributed by atoms with Crippen LogP contribution in [0.5, 0.6) is 0 Å². The first-order valence-electron chi connectivity index (χ1n) is 30.5. The zero-order chi connectivity index (χ0) is 50.6. The van der Waals surface area contributed by atoms with E-state index in [-0.39, 0.29) is 12.5 Å². The molecule has 0 saturated heterocycles. The Morgan fingerprint density at radius 1 is 0.357 bits per heavy atom. The van der Waals surface area contributed by atoms with E-state index in [9.17, 15) is 15.0 Å². The zero-order valence-corrected chi connectivity index (χ0v) is 46.5. The molecule has 2 unspecified atom stereocenters. The summed E-state index contributed by atoms with van der Waals surface area (Å²) >= 11 is 0. The summed E-state index contributed by atoms with van der Waals surface area (Å²) in [4.78, 5) is 12.5. The highest BCUT2D eigenvalue weighted by Gasteiger charge is 2.18. The fourth-order valence-electron chi connectivity index (χ4n) is 8.98. The number of hydrogen-bond acceptors (Lipinski definition) is 3. The van der Waals surface area contributed by atoms with Gasteiger partial charge >= 0.3 is 0 Å². The molecule has 404 valence electrons. The summed E-state index contributed by atoms with van der Waals surface area (Å²) < 4.78 is 0. The van der Waals surface area contributed by atoms with Crippen molar-refractivity contribution in [2.75, 3.05) is 6.61 Å². The number of unbranched alkanes of at least 4 members (excludes halogenated alkanes) is 34. The lowest BCUT2D eigenvalue weighted by Gasteiger charge is -2.20. The van der Waals surface area contributed by atoms with Crippen molar-refractivity contribution < 1.29 is 15.0 Å². The number of amides is 1. The molecule has 0 aliphatic carbocycles. The first kappa shape index (κ1) is 67.3. The molecular formula is C66H117NO3. The Bertz CT molecular complexity index is 1290. The third-order valence-corrected chi connectivity index (χ3v) is 13.6. The molecule has 0 aliphatic heterocycles. The van der Waals surface area contributed by atoms with E-state index in [1.807, 2.05) is 6.08 Å². The van der Waals surface area contributed by atoms with Crippen LogP contribution < -0.4 is 5.32 Å². The maximum Gasteiger partial charge on any atom is 0.220 e. The minimum atomic E-state index is -0.856. The van der Waals surface area contributed by atoms with Crippen LogP contribution in [0.3, 0.4) is 0 Å². The average Bonchev–Trinajstić information content (AvgIpc) is 3.36. The van der Waals surface area contributed by atoms with Crippen LogP contribution in [0.2, 0.25) is 0 Å². The smallest absolute Gasteiger partial charge is 0.220 e. The molecule has 0 aliphatic rings. The molecule has 70 heavy (non-hydrogen) atoms. The van der Waals surface area contributed by atoms with Gasteiger partial charge in [-0.2, -0.15) is 0 Å². The van der Waals surface area contributed by atoms with Crippen LogP contribution in [-0.2, 0) is 4.79 Å². The first-order valence-corrected chi connectivity index (χ1v) is 30.5. The van der Waals surface area contributed by atoms with Crippen molar-refractivity contribution in [1.82, 2.24) is 5.32 Å². The molecule has 0 bridgehead atoms. The number of carbonyl (C=O) groups is 1. The van der Waals surface area contributed by atoms with Crippen molar-refractivity contribution in [1.29, 1.82) is 0 Å². The summed E-state index contributed by atoms with van der Waals surface area (Å²) in [6.45, 7) is 4.21. The Morgan fingerprint density at radius 3 is 0.943 bits per heavy atom. The van der Waals surface area contributed by atoms with Gasteiger partial charge in [-0.1, -0.05) is 310 Å². The second kappa shape index (κ2) is 60.6. The van der Waals surface area contributed by atoms with E-state index in [2.05, 4.69) is 104 Å². The summed E-state index contributed by atoms with van der Waals surface area (Å²) in [5.74, 6) is -0.0836. The van der Waals surface area contributed by atoms with Crippen LogP contribution in [0.25, 0.3) is 0 Å². The van der Waals surface area contributed by atoms with Gasteiger partial charge < -0.3 is 15.5 Å². The number of nitrogens with one attached hydrogen (secondary N) is 1. The largest absolute Gasteiger partial charge is 0.394 e. The van der Waals surface area contributed by atoms with E-state index >= 15 is 0 Å². The lowest BCUT2D eigenvalue weighted by atomic mass is 10.0. The Hall–Kier alpha value is -2.69. The summed E-state index contributed by atoms with van der Waals surface area (Å²) in [6.07, 6.45) is 90.1. The number of aliphatic hydroxyl groups excluding tert-OH is 2. The molecule has 4 heteroatoms. The van der Waals surface area contributed by atoms with Gasteiger partial charge in [0.05, 0.1) is 18.8 Å². The Labute approximate surface area is 436 Å². The maximum atomic E-state index is 12.5. The van der Waals surface area contributed by atoms with Crippen molar-refractivity contribution in [3.8, 4) is 0 Å². The molecule has 1 amide bonds. The molecular weight excluding hydrogens is 855 g/mol. The summed E-state index contributed by atoms with van der Waals surface area (Å²) in [7, 11) is 0. The van der Waals surface area contributed by atoms with Gasteiger partial charge in [0.25, 0.3) is 0 Å². The Morgan fingerprint density at radius 2 is 0.629 bits per heavy atom. The standard InChI is InChI=1S/C66H117NO3/c1-3-5-7-9-11-13-15-17-19-21-23-25-27-29-31-32-33-34-36-37-39-41-43-45-47-49-51-53-55-57-59-61-65(69)64(63-68)67-66(70)62-60-58-56-54-52-50-48-46-44-42-40-38-35-30-28-26-24-22-20-18-16-14-12-10-8-6-4-2/h6,8,12,14,18,20,24,26,30,35,40,42,46,48,59,61,64-65,68-69H,3-5,7,9-11,13,15-17,19,21-23,25,27-29,31-34,36-39,41,43-45,47,49-58,60,62-63H2,1-2H3,(H,67,70)/b8-6-,14-12-,20-18-,26-24-,35-30-,42-40-,48-46-,61-59+. The van der Waals surface area contributed by atoms with Gasteiger partial charge in [0.1, 0.15) is 0 Å². The second-order valence-electron chi connectivity index (χ2n) is 20.4. The molecule has 0 aromatic heterocycles. The Balaban J connectivity index is 3.55. The van der Waals surface area contributed by atoms with Crippen LogP contribution >= 0.6 is 0 Å². The molecule has 0 rings (SSSR count). The molecule has 0 aromatic rings. The fraction of sp³-hybridized carbons (Fsp3) is 0.742. The third kappa shape index (κ3) is 56.2. The van der Waals surface area contributed by atoms with Gasteiger partial charge in [-0.25, -0.2) is 0 Å². The van der Waals surface area contributed by atoms with Gasteiger partial charge in [-0.3, -0.25) is 4.79 Å². The van der Waals surface area contributed by atoms with Crippen LogP contribution in [0, 0.1) is 0 Å². The quantitative estimate of drug-likeness (QED) is 0.0420. The highest BCUT2D eigenvalue weighted by atomic mass is 16.3. The van der Waals surface area contributed by atoms with Crippen LogP contribution in [-0.4, -0.2) is 34.9 Å². The third-order valence-electron chi connectivity index (χ3n) is 13.6. The van der Waals surface area contributed by atoms with Crippen LogP contribution in [0.4, 0.5) is 0 Å². The van der Waals surface area contributed by atoms with Crippen LogP contribution in [0.15, 0.2) is 97.2 Å². The van der Waals surface area contributed by atoms with E-state index in [4.69, 9.17) is 0 Å². The van der Waals surface area contributed by atoms with Gasteiger partial charge in [-0.15, -0.1) is 0 Å². The lowest BCUT2D eigenvalue weighted by Crippen LogP contribution is -2.45. The van der Waals surface area contributed by atoms with E-state index in [0.29, 0.717) is 6.42 Å². The van der Waals surface area contributed by atoms with Gasteiger partial charge in [0.15, 0.2) is 0 Å². The summed E-state index contributed by atoms with van der Waals surface area (Å²) in [5.41, 5.74) is 0. The Kier molecular flexibility index (Phi) is 58.3. The number of aliphatic hydroxyl groups is 2. The molecule has 0 radical (unpaired) electrons. The molecule has 0 fully saturated rings. The minimum Gasteiger partial charge on any atom is -0.394 e. The molecule has 0 saturated carbocycles. The van der Waals surface area contributed by atoms with Crippen molar-refractivity contribution in [2.45, 2.75) is 309 Å². The second-order valence-corrected chi connectivity index (χ2v) is 20.4. The van der Waals surface area contributed by atoms with Crippen molar-refractivity contribution in [3.05, 3.63) is 97.2 Å². The lowest BCUT2D eigenvalue weighted by molar-refractivity contribution is -0.123. The van der Waals surface area contributed by atoms with Crippen molar-refractivity contribution >= 4 is 5.91 Å². The molecule has 2 atom stereocenters. The fourth-order valence-corrected chi connectivity index (χ4v) is 8.98. The number of allylic oxidation sites excluding steroid dienone is 15. The average molecular weight is 973 g/mol. The van der Waals surface area contributed by atoms with E-state index in [1.165, 1.54) is 193 Å². The number of carbonyl (C=O) groups excluding carboxylic acids is 1. The van der Waals surface area contributed by atoms with Crippen molar-refractivity contribution in [3.63, 3.8) is 0 Å². The maximum absolute atomic E-state index is 12.5. The van der Waals surface area contributed by atoms with Gasteiger partial charge in [0.2, 0.25) is 5.91 Å². The molecule has 3 N–H and O–H groups in total. The van der Waals surface area contributed by atoms with E-state index in [1.54, 1.807) is 6.08 Å². The van der Waals surface area contributed by atoms with Crippen molar-refractivity contribution in [2.24, 2.45) is 0 Å². The topological polar surface area (TPSA) is 69.6 Å². The summed E-state index contributed by atoms with van der Waals surface area (Å²) in [5, 5.41) is 23.2. The van der Waals surface area contributed by atoms with Gasteiger partial charge in [-0.05, 0) is 77.0 Å². The zero-order valence-electron chi connectivity index (χ0n) is 46.5. The predicted molar refractivity (Wildman–Crippen MR) is 313 cm³/mol. The predicted octanol–water partition coefficient (Wildman–Crippen LogP) is 20.5. The first-order chi connectivity index (χ1) is 34.7. The van der Waals surface area contributed by atoms with E-state index in [0.717, 1.165) is 83.5 Å². The number of rotatable bonds is 55. The van der Waals surface area contributed by atoms with E-state index < -0.39 is 12.1 Å². The SMILES string of the molecule is CC/C=C\C/C=C\C/C=C\C/C=C\C/C=C\C/C=C\C/C=C\CCCCCCCC(=O)NC(CO)C(O)/C=C/CCCCCCCCCCCCCCCCCCCCCCCCCCCCCCC. The normalized spacial score (nSPS) is 13.5. The van der Waals surface area contributed by atoms with Gasteiger partial charge in [0, 0.05) is 6.42 Å². The molecule has 0 spiro atoms. The minimum absolute atomic E-state index is 0.0836. The molecule has 0 heterocycles. The summed E-state index contributed by atoms with van der Waals surface area (Å²) in [6, 6.07) is -0.642. The highest BCUT2D eigenvalue weighted by Crippen LogP contribution is 2.17. The number of hydrogen-bond donors (Lipinski definition) is 3. The van der Waals surface area contributed by atoms with Crippen LogP contribution in [0.1, 0.15) is 296 Å². The monoisotopic (exact) mass is 972 g/mol. The molecule has 0 aromatic carbocycles. The highest BCUT2D eigenvalue weighted by molar-refractivity contribution is 5.76. The molecule has 4 nitrogen and oxygen atoms in total.